The van der Waals surface area contributed by atoms with Gasteiger partial charge in [0.2, 0.25) is 0 Å². The summed E-state index contributed by atoms with van der Waals surface area (Å²) in [5.74, 6) is -0.0185. The van der Waals surface area contributed by atoms with Crippen LogP contribution < -0.4 is 10.6 Å². The van der Waals surface area contributed by atoms with E-state index in [2.05, 4.69) is 15.7 Å². The number of para-hydroxylation sites is 1. The first-order chi connectivity index (χ1) is 11.6. The number of thiophene rings is 1. The molecule has 4 rings (SSSR count). The number of aromatic nitrogens is 2. The Hall–Kier alpha value is -1.60. The van der Waals surface area contributed by atoms with Gasteiger partial charge in [0.15, 0.2) is 0 Å². The van der Waals surface area contributed by atoms with Gasteiger partial charge < -0.3 is 10.6 Å². The molecule has 2 aromatic heterocycles. The smallest absolute Gasteiger partial charge is 0.261 e. The van der Waals surface area contributed by atoms with Crippen molar-refractivity contribution < 1.29 is 4.79 Å². The van der Waals surface area contributed by atoms with Crippen molar-refractivity contribution in [2.45, 2.75) is 19.4 Å². The number of hydrogen-bond acceptors (Lipinski definition) is 4. The summed E-state index contributed by atoms with van der Waals surface area (Å²) in [6.45, 7) is 3.74. The highest BCUT2D eigenvalue weighted by molar-refractivity contribution is 7.20. The van der Waals surface area contributed by atoms with Crippen LogP contribution in [0.3, 0.4) is 0 Å². The predicted octanol–water partition coefficient (Wildman–Crippen LogP) is 3.56. The number of fused-ring (bicyclic) bond motifs is 1. The second-order valence-corrected chi connectivity index (χ2v) is 7.38. The van der Waals surface area contributed by atoms with Crippen molar-refractivity contribution in [2.75, 3.05) is 13.1 Å². The molecule has 0 aliphatic carbocycles. The van der Waals surface area contributed by atoms with Gasteiger partial charge in [0, 0.05) is 18.0 Å². The molecule has 0 spiro atoms. The van der Waals surface area contributed by atoms with Gasteiger partial charge in [-0.05, 0) is 38.1 Å². The number of halogens is 2. The lowest BCUT2D eigenvalue weighted by atomic mass is 10.2. The molecule has 1 saturated heterocycles. The topological polar surface area (TPSA) is 59.0 Å². The molecule has 1 aromatic carbocycles. The fourth-order valence-electron chi connectivity index (χ4n) is 2.98. The van der Waals surface area contributed by atoms with E-state index in [-0.39, 0.29) is 24.4 Å². The van der Waals surface area contributed by atoms with E-state index in [4.69, 9.17) is 11.6 Å². The molecule has 5 nitrogen and oxygen atoms in total. The molecule has 0 radical (unpaired) electrons. The fraction of sp³-hybridized carbons (Fsp3) is 0.294. The molecule has 1 unspecified atom stereocenters. The Labute approximate surface area is 160 Å². The van der Waals surface area contributed by atoms with Gasteiger partial charge in [-0.3, -0.25) is 4.79 Å². The van der Waals surface area contributed by atoms with Crippen LogP contribution in [0.15, 0.2) is 30.3 Å². The van der Waals surface area contributed by atoms with Gasteiger partial charge in [-0.1, -0.05) is 23.7 Å². The van der Waals surface area contributed by atoms with Gasteiger partial charge in [-0.25, -0.2) is 4.68 Å². The van der Waals surface area contributed by atoms with Crippen LogP contribution in [0.1, 0.15) is 21.8 Å². The Morgan fingerprint density at radius 1 is 1.44 bits per heavy atom. The van der Waals surface area contributed by atoms with Crippen LogP contribution in [0.5, 0.6) is 0 Å². The minimum absolute atomic E-state index is 0. The van der Waals surface area contributed by atoms with Crippen LogP contribution in [-0.2, 0) is 0 Å². The minimum atomic E-state index is -0.0185. The quantitative estimate of drug-likeness (QED) is 0.711. The molecule has 25 heavy (non-hydrogen) atoms. The Morgan fingerprint density at radius 3 is 2.96 bits per heavy atom. The Kier molecular flexibility index (Phi) is 5.34. The number of nitrogens with zero attached hydrogens (tertiary/aromatic N) is 2. The van der Waals surface area contributed by atoms with E-state index in [1.165, 1.54) is 11.3 Å². The molecule has 8 heteroatoms. The number of carbonyl (C=O) groups is 1. The first-order valence-corrected chi connectivity index (χ1v) is 9.08. The number of amides is 1. The number of hydrogen-bond donors (Lipinski definition) is 2. The lowest BCUT2D eigenvalue weighted by Gasteiger charge is -2.09. The zero-order chi connectivity index (χ0) is 16.7. The zero-order valence-electron chi connectivity index (χ0n) is 13.6. The van der Waals surface area contributed by atoms with Gasteiger partial charge in [-0.2, -0.15) is 5.10 Å². The predicted molar refractivity (Wildman–Crippen MR) is 105 cm³/mol. The average Bonchev–Trinajstić information content (AvgIpc) is 3.27. The highest BCUT2D eigenvalue weighted by Crippen LogP contribution is 2.32. The van der Waals surface area contributed by atoms with E-state index >= 15 is 0 Å². The molecular weight excluding hydrogens is 379 g/mol. The second-order valence-electron chi connectivity index (χ2n) is 5.94. The molecule has 3 heterocycles. The van der Waals surface area contributed by atoms with E-state index in [9.17, 15) is 4.79 Å². The monoisotopic (exact) mass is 396 g/mol. The van der Waals surface area contributed by atoms with Crippen LogP contribution in [0, 0.1) is 6.92 Å². The van der Waals surface area contributed by atoms with Crippen molar-refractivity contribution >= 4 is 51.5 Å². The number of aryl methyl sites for hydroxylation is 1. The Bertz CT molecular complexity index is 915. The number of nitrogens with one attached hydrogen (secondary N) is 2. The van der Waals surface area contributed by atoms with Gasteiger partial charge in [0.1, 0.15) is 4.83 Å². The largest absolute Gasteiger partial charge is 0.347 e. The molecule has 0 saturated carbocycles. The summed E-state index contributed by atoms with van der Waals surface area (Å²) < 4.78 is 1.82. The number of benzene rings is 1. The van der Waals surface area contributed by atoms with E-state index in [1.807, 2.05) is 41.9 Å². The zero-order valence-corrected chi connectivity index (χ0v) is 16.0. The minimum Gasteiger partial charge on any atom is -0.347 e. The van der Waals surface area contributed by atoms with E-state index in [0.717, 1.165) is 41.1 Å². The summed E-state index contributed by atoms with van der Waals surface area (Å²) >= 11 is 7.76. The molecular formula is C17H18Cl2N4OS. The van der Waals surface area contributed by atoms with Crippen molar-refractivity contribution in [2.24, 2.45) is 0 Å². The normalized spacial score (nSPS) is 16.8. The molecule has 1 fully saturated rings. The summed E-state index contributed by atoms with van der Waals surface area (Å²) in [6, 6.07) is 9.73. The molecule has 2 N–H and O–H groups in total. The Morgan fingerprint density at radius 2 is 2.24 bits per heavy atom. The van der Waals surface area contributed by atoms with Gasteiger partial charge in [0.25, 0.3) is 5.91 Å². The summed E-state index contributed by atoms with van der Waals surface area (Å²) in [5, 5.41) is 12.6. The van der Waals surface area contributed by atoms with E-state index in [0.29, 0.717) is 9.90 Å². The van der Waals surface area contributed by atoms with Crippen LogP contribution in [-0.4, -0.2) is 34.8 Å². The van der Waals surface area contributed by atoms with E-state index < -0.39 is 0 Å². The third kappa shape index (κ3) is 3.40. The highest BCUT2D eigenvalue weighted by atomic mass is 35.5. The first-order valence-electron chi connectivity index (χ1n) is 7.89. The standard InChI is InChI=1S/C17H17ClN4OS.ClH/c1-10-12-8-15(16(23)20-11-6-7-19-9-11)24-17(12)22(21-10)14-5-3-2-4-13(14)18;/h2-5,8,11,19H,6-7,9H2,1H3,(H,20,23);1H. The van der Waals surface area contributed by atoms with Crippen molar-refractivity contribution in [1.29, 1.82) is 0 Å². The summed E-state index contributed by atoms with van der Waals surface area (Å²) in [4.78, 5) is 14.2. The van der Waals surface area contributed by atoms with Crippen molar-refractivity contribution in [3.05, 3.63) is 45.9 Å². The molecule has 3 aromatic rings. The van der Waals surface area contributed by atoms with E-state index in [1.54, 1.807) is 0 Å². The fourth-order valence-corrected chi connectivity index (χ4v) is 4.27. The van der Waals surface area contributed by atoms with Gasteiger partial charge >= 0.3 is 0 Å². The maximum Gasteiger partial charge on any atom is 0.261 e. The maximum absolute atomic E-state index is 12.5. The third-order valence-corrected chi connectivity index (χ3v) is 5.67. The molecule has 1 aliphatic rings. The van der Waals surface area contributed by atoms with Crippen molar-refractivity contribution in [3.8, 4) is 5.69 Å². The SMILES string of the molecule is Cc1nn(-c2ccccc2Cl)c2sc(C(=O)NC3CCNC3)cc12.Cl. The molecule has 132 valence electrons. The average molecular weight is 397 g/mol. The van der Waals surface area contributed by atoms with Crippen LogP contribution in [0.2, 0.25) is 5.02 Å². The third-order valence-electron chi connectivity index (χ3n) is 4.24. The number of rotatable bonds is 3. The second kappa shape index (κ2) is 7.33. The first kappa shape index (κ1) is 18.2. The lowest BCUT2D eigenvalue weighted by molar-refractivity contribution is 0.0944. The highest BCUT2D eigenvalue weighted by Gasteiger charge is 2.21. The summed E-state index contributed by atoms with van der Waals surface area (Å²) in [7, 11) is 0. The summed E-state index contributed by atoms with van der Waals surface area (Å²) in [6.07, 6.45) is 0.975. The lowest BCUT2D eigenvalue weighted by Crippen LogP contribution is -2.35. The van der Waals surface area contributed by atoms with Crippen molar-refractivity contribution in [3.63, 3.8) is 0 Å². The van der Waals surface area contributed by atoms with Gasteiger partial charge in [0.05, 0.1) is 21.3 Å². The molecule has 1 amide bonds. The number of carbonyl (C=O) groups excluding carboxylic acids is 1. The molecule has 1 aliphatic heterocycles. The molecule has 0 bridgehead atoms. The van der Waals surface area contributed by atoms with Crippen LogP contribution in [0.25, 0.3) is 15.9 Å². The van der Waals surface area contributed by atoms with Crippen molar-refractivity contribution in [1.82, 2.24) is 20.4 Å². The Balaban J connectivity index is 0.00000182. The summed E-state index contributed by atoms with van der Waals surface area (Å²) in [5.41, 5.74) is 1.72. The maximum atomic E-state index is 12.5. The van der Waals surface area contributed by atoms with Crippen LogP contribution >= 0.6 is 35.3 Å². The van der Waals surface area contributed by atoms with Gasteiger partial charge in [-0.15, -0.1) is 23.7 Å². The molecule has 1 atom stereocenters. The van der Waals surface area contributed by atoms with Crippen LogP contribution in [0.4, 0.5) is 0 Å².